The molecule has 0 saturated carbocycles. The van der Waals surface area contributed by atoms with Gasteiger partial charge in [-0.05, 0) is 50.9 Å². The topological polar surface area (TPSA) is 50.1 Å². The van der Waals surface area contributed by atoms with E-state index < -0.39 is 5.97 Å². The number of rotatable bonds is 2. The zero-order valence-electron chi connectivity index (χ0n) is 7.88. The lowest BCUT2D eigenvalue weighted by Crippen LogP contribution is -2.08. The van der Waals surface area contributed by atoms with Crippen LogP contribution in [-0.4, -0.2) is 12.6 Å². The van der Waals surface area contributed by atoms with E-state index >= 15 is 0 Å². The van der Waals surface area contributed by atoms with Gasteiger partial charge in [-0.1, -0.05) is 0 Å². The molecule has 0 aromatic heterocycles. The van der Waals surface area contributed by atoms with Crippen molar-refractivity contribution >= 4 is 37.8 Å². The quantitative estimate of drug-likeness (QED) is 0.781. The van der Waals surface area contributed by atoms with Gasteiger partial charge in [0.2, 0.25) is 0 Å². The van der Waals surface area contributed by atoms with Crippen molar-refractivity contribution in [2.45, 2.75) is 6.92 Å². The average molecular weight is 333 g/mol. The fraction of sp³-hybridized carbons (Fsp3) is 0.200. The van der Waals surface area contributed by atoms with Gasteiger partial charge in [-0.3, -0.25) is 0 Å². The summed E-state index contributed by atoms with van der Waals surface area (Å²) in [6.07, 6.45) is 0. The van der Waals surface area contributed by atoms with Crippen molar-refractivity contribution < 1.29 is 9.53 Å². The number of carbonyl (C=O) groups excluding carboxylic acids is 1. The summed E-state index contributed by atoms with van der Waals surface area (Å²) in [4.78, 5) is 11.6. The van der Waals surface area contributed by atoms with Gasteiger partial charge in [-0.2, -0.15) is 5.26 Å². The summed E-state index contributed by atoms with van der Waals surface area (Å²) in [6.45, 7) is 2.00. The van der Waals surface area contributed by atoms with Gasteiger partial charge in [-0.25, -0.2) is 4.79 Å². The average Bonchev–Trinajstić information content (AvgIpc) is 2.22. The highest BCUT2D eigenvalue weighted by Crippen LogP contribution is 2.29. The number of halogens is 2. The highest BCUT2D eigenvalue weighted by molar-refractivity contribution is 9.13. The minimum Gasteiger partial charge on any atom is -0.462 e. The summed E-state index contributed by atoms with van der Waals surface area (Å²) in [5.74, 6) is -0.498. The van der Waals surface area contributed by atoms with Crippen LogP contribution in [0, 0.1) is 11.3 Å². The summed E-state index contributed by atoms with van der Waals surface area (Å²) in [5.41, 5.74) is 0.553. The standard InChI is InChI=1S/C10H7Br2NO2/c1-2-15-10(14)8-6(5-13)3-4-7(11)9(8)12/h3-4H,2H2,1H3. The summed E-state index contributed by atoms with van der Waals surface area (Å²) < 4.78 is 6.12. The first-order chi connectivity index (χ1) is 7.11. The molecule has 0 bridgehead atoms. The van der Waals surface area contributed by atoms with Crippen LogP contribution in [0.1, 0.15) is 22.8 Å². The largest absolute Gasteiger partial charge is 0.462 e. The van der Waals surface area contributed by atoms with E-state index in [9.17, 15) is 4.79 Å². The summed E-state index contributed by atoms with van der Waals surface area (Å²) in [7, 11) is 0. The lowest BCUT2D eigenvalue weighted by atomic mass is 10.1. The first-order valence-corrected chi connectivity index (χ1v) is 5.75. The first kappa shape index (κ1) is 12.2. The summed E-state index contributed by atoms with van der Waals surface area (Å²) in [6, 6.07) is 5.22. The third-order valence-electron chi connectivity index (χ3n) is 1.69. The van der Waals surface area contributed by atoms with E-state index in [1.807, 2.05) is 6.07 Å². The van der Waals surface area contributed by atoms with E-state index in [2.05, 4.69) is 31.9 Å². The van der Waals surface area contributed by atoms with Gasteiger partial charge in [0.15, 0.2) is 0 Å². The van der Waals surface area contributed by atoms with Gasteiger partial charge >= 0.3 is 5.97 Å². The van der Waals surface area contributed by atoms with Gasteiger partial charge in [0.25, 0.3) is 0 Å². The molecule has 1 rings (SSSR count). The molecule has 3 nitrogen and oxygen atoms in total. The van der Waals surface area contributed by atoms with E-state index in [0.29, 0.717) is 14.5 Å². The molecule has 0 spiro atoms. The number of nitriles is 1. The Morgan fingerprint density at radius 1 is 1.53 bits per heavy atom. The van der Waals surface area contributed by atoms with Crippen molar-refractivity contribution in [3.05, 3.63) is 32.2 Å². The highest BCUT2D eigenvalue weighted by atomic mass is 79.9. The zero-order valence-corrected chi connectivity index (χ0v) is 11.1. The molecule has 1 aromatic carbocycles. The van der Waals surface area contributed by atoms with Crippen molar-refractivity contribution in [3.63, 3.8) is 0 Å². The van der Waals surface area contributed by atoms with Crippen LogP contribution in [0.15, 0.2) is 21.1 Å². The molecule has 5 heteroatoms. The van der Waals surface area contributed by atoms with Crippen molar-refractivity contribution in [1.29, 1.82) is 5.26 Å². The predicted molar refractivity (Wildman–Crippen MR) is 62.5 cm³/mol. The van der Waals surface area contributed by atoms with Crippen LogP contribution in [0.5, 0.6) is 0 Å². The number of hydrogen-bond acceptors (Lipinski definition) is 3. The zero-order chi connectivity index (χ0) is 11.4. The number of nitrogens with zero attached hydrogens (tertiary/aromatic N) is 1. The van der Waals surface area contributed by atoms with Crippen LogP contribution in [0.25, 0.3) is 0 Å². The Morgan fingerprint density at radius 2 is 2.20 bits per heavy atom. The normalized spacial score (nSPS) is 9.47. The molecule has 78 valence electrons. The fourth-order valence-corrected chi connectivity index (χ4v) is 1.88. The molecule has 0 saturated heterocycles. The second-order valence-corrected chi connectivity index (χ2v) is 4.26. The van der Waals surface area contributed by atoms with Gasteiger partial charge in [0.1, 0.15) is 6.07 Å². The second-order valence-electron chi connectivity index (χ2n) is 2.62. The van der Waals surface area contributed by atoms with Crippen molar-refractivity contribution in [1.82, 2.24) is 0 Å². The molecule has 1 aromatic rings. The Morgan fingerprint density at radius 3 is 2.73 bits per heavy atom. The minimum absolute atomic E-state index is 0.258. The van der Waals surface area contributed by atoms with Gasteiger partial charge in [-0.15, -0.1) is 0 Å². The molecular weight excluding hydrogens is 326 g/mol. The number of esters is 1. The van der Waals surface area contributed by atoms with Crippen LogP contribution >= 0.6 is 31.9 Å². The van der Waals surface area contributed by atoms with Crippen molar-refractivity contribution in [2.75, 3.05) is 6.61 Å². The van der Waals surface area contributed by atoms with Crippen LogP contribution in [0.2, 0.25) is 0 Å². The summed E-state index contributed by atoms with van der Waals surface area (Å²) in [5, 5.41) is 8.86. The number of ether oxygens (including phenoxy) is 1. The predicted octanol–water partition coefficient (Wildman–Crippen LogP) is 3.26. The summed E-state index contributed by atoms with van der Waals surface area (Å²) >= 11 is 6.51. The maximum absolute atomic E-state index is 11.6. The van der Waals surface area contributed by atoms with E-state index in [0.717, 1.165) is 0 Å². The number of benzene rings is 1. The highest BCUT2D eigenvalue weighted by Gasteiger charge is 2.18. The molecular formula is C10H7Br2NO2. The Labute approximate surface area is 104 Å². The van der Waals surface area contributed by atoms with E-state index in [4.69, 9.17) is 10.00 Å². The maximum atomic E-state index is 11.6. The van der Waals surface area contributed by atoms with Gasteiger partial charge < -0.3 is 4.74 Å². The Hall–Kier alpha value is -0.860. The maximum Gasteiger partial charge on any atom is 0.340 e. The van der Waals surface area contributed by atoms with Gasteiger partial charge in [0.05, 0.1) is 17.7 Å². The third kappa shape index (κ3) is 2.58. The molecule has 15 heavy (non-hydrogen) atoms. The van der Waals surface area contributed by atoms with Gasteiger partial charge in [0, 0.05) is 8.95 Å². The van der Waals surface area contributed by atoms with E-state index in [1.165, 1.54) is 0 Å². The number of carbonyl (C=O) groups is 1. The molecule has 0 amide bonds. The van der Waals surface area contributed by atoms with Crippen LogP contribution in [0.4, 0.5) is 0 Å². The molecule has 0 atom stereocenters. The Bertz CT molecular complexity index is 438. The van der Waals surface area contributed by atoms with E-state index in [-0.39, 0.29) is 12.2 Å². The van der Waals surface area contributed by atoms with Crippen molar-refractivity contribution in [2.24, 2.45) is 0 Å². The molecule has 0 aliphatic rings. The Kier molecular flexibility index (Phi) is 4.30. The molecule has 0 radical (unpaired) electrons. The monoisotopic (exact) mass is 331 g/mol. The molecule has 0 heterocycles. The van der Waals surface area contributed by atoms with Crippen LogP contribution in [-0.2, 0) is 4.74 Å². The third-order valence-corrected chi connectivity index (χ3v) is 3.71. The first-order valence-electron chi connectivity index (χ1n) is 4.17. The molecule has 0 aliphatic heterocycles. The minimum atomic E-state index is -0.498. The lowest BCUT2D eigenvalue weighted by molar-refractivity contribution is 0.0525. The lowest BCUT2D eigenvalue weighted by Gasteiger charge is -2.07. The molecule has 0 aliphatic carbocycles. The van der Waals surface area contributed by atoms with Crippen LogP contribution < -0.4 is 0 Å². The molecule has 0 fully saturated rings. The van der Waals surface area contributed by atoms with E-state index in [1.54, 1.807) is 19.1 Å². The molecule has 0 unspecified atom stereocenters. The number of hydrogen-bond donors (Lipinski definition) is 0. The SMILES string of the molecule is CCOC(=O)c1c(C#N)ccc(Br)c1Br. The fourth-order valence-electron chi connectivity index (χ4n) is 1.05. The van der Waals surface area contributed by atoms with Crippen LogP contribution in [0.3, 0.4) is 0 Å². The second kappa shape index (κ2) is 5.29. The Balaban J connectivity index is 3.31. The smallest absolute Gasteiger partial charge is 0.340 e. The van der Waals surface area contributed by atoms with Crippen molar-refractivity contribution in [3.8, 4) is 6.07 Å². The molecule has 0 N–H and O–H groups in total.